The van der Waals surface area contributed by atoms with Crippen LogP contribution in [0.15, 0.2) is 42.6 Å². The molecule has 1 heterocycles. The Bertz CT molecular complexity index is 939. The third-order valence-electron chi connectivity index (χ3n) is 4.96. The van der Waals surface area contributed by atoms with E-state index in [0.29, 0.717) is 15.9 Å². The molecule has 4 rings (SSSR count). The van der Waals surface area contributed by atoms with Crippen molar-refractivity contribution in [3.05, 3.63) is 58.7 Å². The third kappa shape index (κ3) is 2.30. The highest BCUT2D eigenvalue weighted by molar-refractivity contribution is 6.34. The summed E-state index contributed by atoms with van der Waals surface area (Å²) < 4.78 is 0. The normalized spacial score (nSPS) is 15.6. The molecule has 4 nitrogen and oxygen atoms in total. The molecule has 0 spiro atoms. The molecule has 0 unspecified atom stereocenters. The maximum absolute atomic E-state index is 11.3. The van der Waals surface area contributed by atoms with Gasteiger partial charge in [0.05, 0.1) is 17.2 Å². The number of fused-ring (bicyclic) bond motifs is 1. The summed E-state index contributed by atoms with van der Waals surface area (Å²) in [5.74, 6) is -0.969. The first-order valence-corrected chi connectivity index (χ1v) is 8.17. The van der Waals surface area contributed by atoms with Crippen LogP contribution in [0, 0.1) is 0 Å². The Morgan fingerprint density at radius 2 is 1.92 bits per heavy atom. The fourth-order valence-corrected chi connectivity index (χ4v) is 3.51. The van der Waals surface area contributed by atoms with Crippen LogP contribution in [0.5, 0.6) is 0 Å². The van der Waals surface area contributed by atoms with E-state index in [9.17, 15) is 15.0 Å². The highest BCUT2D eigenvalue weighted by atomic mass is 35.5. The van der Waals surface area contributed by atoms with Crippen LogP contribution in [0.25, 0.3) is 22.0 Å². The molecular formula is C19H16ClNO3. The van der Waals surface area contributed by atoms with E-state index in [1.807, 2.05) is 30.3 Å². The highest BCUT2D eigenvalue weighted by Crippen LogP contribution is 2.48. The maximum atomic E-state index is 11.3. The van der Waals surface area contributed by atoms with Gasteiger partial charge in [-0.25, -0.2) is 4.79 Å². The number of rotatable bonds is 4. The van der Waals surface area contributed by atoms with Crippen molar-refractivity contribution in [2.45, 2.75) is 18.3 Å². The zero-order valence-corrected chi connectivity index (χ0v) is 13.6. The molecule has 5 heteroatoms. The lowest BCUT2D eigenvalue weighted by Gasteiger charge is -2.13. The first kappa shape index (κ1) is 15.2. The second-order valence-corrected chi connectivity index (χ2v) is 6.81. The van der Waals surface area contributed by atoms with Gasteiger partial charge in [-0.15, -0.1) is 0 Å². The molecule has 3 aromatic rings. The number of aromatic nitrogens is 1. The van der Waals surface area contributed by atoms with Crippen LogP contribution < -0.4 is 0 Å². The van der Waals surface area contributed by atoms with Crippen LogP contribution in [0.1, 0.15) is 28.8 Å². The Balaban J connectivity index is 1.79. The molecule has 0 amide bonds. The highest BCUT2D eigenvalue weighted by Gasteiger charge is 2.43. The van der Waals surface area contributed by atoms with E-state index in [1.165, 1.54) is 6.20 Å². The number of H-pyrrole nitrogens is 1. The van der Waals surface area contributed by atoms with E-state index in [-0.39, 0.29) is 17.6 Å². The van der Waals surface area contributed by atoms with E-state index in [4.69, 9.17) is 11.6 Å². The molecule has 122 valence electrons. The molecule has 2 aromatic carbocycles. The molecular weight excluding hydrogens is 326 g/mol. The first-order chi connectivity index (χ1) is 11.5. The molecule has 0 radical (unpaired) electrons. The Morgan fingerprint density at radius 3 is 2.50 bits per heavy atom. The van der Waals surface area contributed by atoms with E-state index < -0.39 is 5.97 Å². The summed E-state index contributed by atoms with van der Waals surface area (Å²) in [5, 5.41) is 20.0. The van der Waals surface area contributed by atoms with Crippen LogP contribution in [-0.4, -0.2) is 27.8 Å². The second kappa shape index (κ2) is 5.36. The molecule has 1 aromatic heterocycles. The summed E-state index contributed by atoms with van der Waals surface area (Å²) in [4.78, 5) is 14.3. The number of aromatic amines is 1. The second-order valence-electron chi connectivity index (χ2n) is 6.40. The monoisotopic (exact) mass is 341 g/mol. The lowest BCUT2D eigenvalue weighted by atomic mass is 9.94. The number of aliphatic hydroxyl groups excluding tert-OH is 1. The molecule has 0 atom stereocenters. The number of aromatic carboxylic acids is 1. The van der Waals surface area contributed by atoms with Crippen LogP contribution in [0.2, 0.25) is 5.02 Å². The number of carbonyl (C=O) groups is 1. The van der Waals surface area contributed by atoms with Gasteiger partial charge in [0, 0.05) is 28.1 Å². The largest absolute Gasteiger partial charge is 0.478 e. The van der Waals surface area contributed by atoms with Gasteiger partial charge in [-0.2, -0.15) is 0 Å². The fourth-order valence-electron chi connectivity index (χ4n) is 3.23. The van der Waals surface area contributed by atoms with Crippen molar-refractivity contribution in [2.75, 3.05) is 6.61 Å². The minimum absolute atomic E-state index is 0.0661. The summed E-state index contributed by atoms with van der Waals surface area (Å²) in [6, 6.07) is 11.6. The first-order valence-electron chi connectivity index (χ1n) is 7.80. The minimum Gasteiger partial charge on any atom is -0.478 e. The summed E-state index contributed by atoms with van der Waals surface area (Å²) in [5.41, 5.74) is 3.73. The Labute approximate surface area is 143 Å². The number of hydrogen-bond donors (Lipinski definition) is 3. The summed E-state index contributed by atoms with van der Waals surface area (Å²) in [7, 11) is 0. The molecule has 1 aliphatic carbocycles. The Morgan fingerprint density at radius 1 is 1.21 bits per heavy atom. The number of carboxylic acid groups (broad SMARTS) is 1. The smallest absolute Gasteiger partial charge is 0.337 e. The lowest BCUT2D eigenvalue weighted by Crippen LogP contribution is -2.11. The topological polar surface area (TPSA) is 73.3 Å². The minimum atomic E-state index is -0.969. The van der Waals surface area contributed by atoms with Gasteiger partial charge < -0.3 is 15.2 Å². The number of halogens is 1. The lowest BCUT2D eigenvalue weighted by molar-refractivity contribution is 0.0699. The zero-order chi connectivity index (χ0) is 16.9. The summed E-state index contributed by atoms with van der Waals surface area (Å²) >= 11 is 6.39. The van der Waals surface area contributed by atoms with Gasteiger partial charge in [0.2, 0.25) is 0 Å². The van der Waals surface area contributed by atoms with Crippen molar-refractivity contribution in [1.82, 2.24) is 4.98 Å². The van der Waals surface area contributed by atoms with Crippen molar-refractivity contribution in [3.63, 3.8) is 0 Å². The van der Waals surface area contributed by atoms with E-state index in [2.05, 4.69) is 4.98 Å². The Kier molecular flexibility index (Phi) is 3.41. The third-order valence-corrected chi connectivity index (χ3v) is 5.28. The zero-order valence-electron chi connectivity index (χ0n) is 12.8. The van der Waals surface area contributed by atoms with Crippen molar-refractivity contribution in [3.8, 4) is 11.1 Å². The van der Waals surface area contributed by atoms with Gasteiger partial charge in [-0.1, -0.05) is 35.9 Å². The van der Waals surface area contributed by atoms with E-state index in [1.54, 1.807) is 6.07 Å². The van der Waals surface area contributed by atoms with Gasteiger partial charge in [-0.05, 0) is 36.1 Å². The fraction of sp³-hybridized carbons (Fsp3) is 0.211. The quantitative estimate of drug-likeness (QED) is 0.665. The SMILES string of the molecule is O=C(O)c1c[nH]c2cc(Cl)c(-c3ccc(C4(CO)CC4)cc3)cc12. The molecule has 1 fully saturated rings. The molecule has 1 aliphatic rings. The predicted octanol–water partition coefficient (Wildman–Crippen LogP) is 4.21. The standard InChI is InChI=1S/C19H16ClNO3/c20-16-8-17-14(15(9-21-17)18(23)24)7-13(16)11-1-3-12(4-2-11)19(10-22)5-6-19/h1-4,7-9,21-22H,5-6,10H2,(H,23,24). The molecule has 1 saturated carbocycles. The number of carboxylic acids is 1. The van der Waals surface area contributed by atoms with Gasteiger partial charge in [0.25, 0.3) is 0 Å². The van der Waals surface area contributed by atoms with Gasteiger partial charge >= 0.3 is 5.97 Å². The predicted molar refractivity (Wildman–Crippen MR) is 93.7 cm³/mol. The molecule has 3 N–H and O–H groups in total. The number of nitrogens with one attached hydrogen (secondary N) is 1. The number of hydrogen-bond acceptors (Lipinski definition) is 2. The number of benzene rings is 2. The molecule has 0 aliphatic heterocycles. The van der Waals surface area contributed by atoms with Crippen LogP contribution in [0.3, 0.4) is 0 Å². The van der Waals surface area contributed by atoms with Gasteiger partial charge in [-0.3, -0.25) is 0 Å². The van der Waals surface area contributed by atoms with E-state index >= 15 is 0 Å². The van der Waals surface area contributed by atoms with Crippen LogP contribution in [-0.2, 0) is 5.41 Å². The van der Waals surface area contributed by atoms with Crippen LogP contribution in [0.4, 0.5) is 0 Å². The molecule has 0 saturated heterocycles. The van der Waals surface area contributed by atoms with E-state index in [0.717, 1.165) is 29.5 Å². The average molecular weight is 342 g/mol. The molecule has 0 bridgehead atoms. The number of aliphatic hydroxyl groups is 1. The van der Waals surface area contributed by atoms with Crippen molar-refractivity contribution in [2.24, 2.45) is 0 Å². The summed E-state index contributed by atoms with van der Waals surface area (Å²) in [6.45, 7) is 0.171. The molecule has 24 heavy (non-hydrogen) atoms. The maximum Gasteiger partial charge on any atom is 0.337 e. The Hall–Kier alpha value is -2.30. The van der Waals surface area contributed by atoms with Gasteiger partial charge in [0.1, 0.15) is 0 Å². The van der Waals surface area contributed by atoms with Crippen molar-refractivity contribution >= 4 is 28.5 Å². The van der Waals surface area contributed by atoms with Crippen LogP contribution >= 0.6 is 11.6 Å². The average Bonchev–Trinajstić information content (AvgIpc) is 3.28. The van der Waals surface area contributed by atoms with Gasteiger partial charge in [0.15, 0.2) is 0 Å². The van der Waals surface area contributed by atoms with Crippen molar-refractivity contribution in [1.29, 1.82) is 0 Å². The van der Waals surface area contributed by atoms with Crippen molar-refractivity contribution < 1.29 is 15.0 Å². The summed E-state index contributed by atoms with van der Waals surface area (Å²) in [6.07, 6.45) is 3.51.